The minimum Gasteiger partial charge on any atom is -0.341 e. The predicted octanol–water partition coefficient (Wildman–Crippen LogP) is 2.24. The number of hydrogen-bond acceptors (Lipinski definition) is 2. The number of aryl methyl sites for hydroxylation is 1. The van der Waals surface area contributed by atoms with E-state index in [2.05, 4.69) is 31.2 Å². The molecule has 1 atom stereocenters. The lowest BCUT2D eigenvalue weighted by molar-refractivity contribution is -0.129. The zero-order valence-corrected chi connectivity index (χ0v) is 12.3. The van der Waals surface area contributed by atoms with Gasteiger partial charge in [-0.3, -0.25) is 4.79 Å². The van der Waals surface area contributed by atoms with Crippen LogP contribution < -0.4 is 5.73 Å². The number of likely N-dealkylation sites (tertiary alicyclic amines) is 1. The van der Waals surface area contributed by atoms with Crippen LogP contribution in [0.2, 0.25) is 0 Å². The first kappa shape index (κ1) is 16.0. The smallest absolute Gasteiger partial charge is 0.236 e. The Morgan fingerprint density at radius 2 is 2.05 bits per heavy atom. The second-order valence-corrected chi connectivity index (χ2v) is 5.57. The van der Waals surface area contributed by atoms with Crippen molar-refractivity contribution in [3.63, 3.8) is 0 Å². The van der Waals surface area contributed by atoms with E-state index in [0.717, 1.165) is 32.4 Å². The third-order valence-corrected chi connectivity index (χ3v) is 3.95. The van der Waals surface area contributed by atoms with Gasteiger partial charge in [-0.2, -0.15) is 0 Å². The number of amides is 1. The first-order valence-corrected chi connectivity index (χ1v) is 6.65. The average molecular weight is 283 g/mol. The molecule has 0 saturated carbocycles. The largest absolute Gasteiger partial charge is 0.341 e. The Labute approximate surface area is 121 Å². The first-order valence-electron chi connectivity index (χ1n) is 6.65. The fourth-order valence-electron chi connectivity index (χ4n) is 2.66. The topological polar surface area (TPSA) is 46.3 Å². The van der Waals surface area contributed by atoms with Crippen molar-refractivity contribution in [3.8, 4) is 0 Å². The molecule has 1 saturated heterocycles. The van der Waals surface area contributed by atoms with E-state index in [1.807, 2.05) is 11.0 Å². The summed E-state index contributed by atoms with van der Waals surface area (Å²) in [6, 6.07) is 10.5. The molecule has 1 heterocycles. The van der Waals surface area contributed by atoms with Crippen molar-refractivity contribution in [2.45, 2.75) is 26.2 Å². The van der Waals surface area contributed by atoms with E-state index in [0.29, 0.717) is 0 Å². The number of rotatable bonds is 4. The number of hydrogen-bond donors (Lipinski definition) is 1. The van der Waals surface area contributed by atoms with E-state index in [9.17, 15) is 4.79 Å². The van der Waals surface area contributed by atoms with Crippen molar-refractivity contribution in [1.82, 2.24) is 4.90 Å². The Morgan fingerprint density at radius 1 is 1.37 bits per heavy atom. The van der Waals surface area contributed by atoms with Crippen LogP contribution in [0.4, 0.5) is 0 Å². The Bertz CT molecular complexity index is 410. The molecular formula is C15H23ClN2O. The van der Waals surface area contributed by atoms with Gasteiger partial charge in [-0.15, -0.1) is 12.4 Å². The number of carbonyl (C=O) groups is 1. The molecule has 0 bridgehead atoms. The van der Waals surface area contributed by atoms with Crippen LogP contribution in [-0.2, 0) is 11.2 Å². The normalized spacial score (nSPS) is 22.1. The van der Waals surface area contributed by atoms with Crippen molar-refractivity contribution in [2.24, 2.45) is 11.1 Å². The second-order valence-electron chi connectivity index (χ2n) is 5.57. The van der Waals surface area contributed by atoms with E-state index >= 15 is 0 Å². The molecule has 0 spiro atoms. The zero-order valence-electron chi connectivity index (χ0n) is 11.5. The fourth-order valence-corrected chi connectivity index (χ4v) is 2.66. The van der Waals surface area contributed by atoms with Gasteiger partial charge in [0.15, 0.2) is 0 Å². The highest BCUT2D eigenvalue weighted by molar-refractivity contribution is 5.85. The first-order chi connectivity index (χ1) is 8.63. The number of nitrogens with two attached hydrogens (primary N) is 1. The number of benzene rings is 1. The standard InChI is InChI=1S/C15H22N2O.ClH/c1-15(8-7-13-5-3-2-4-6-13)9-10-17(12-15)14(18)11-16;/h2-6H,7-12,16H2,1H3;1H. The molecule has 1 aliphatic rings. The van der Waals surface area contributed by atoms with Gasteiger partial charge >= 0.3 is 0 Å². The van der Waals surface area contributed by atoms with Gasteiger partial charge in [0.1, 0.15) is 0 Å². The minimum atomic E-state index is 0. The van der Waals surface area contributed by atoms with Crippen molar-refractivity contribution >= 4 is 18.3 Å². The summed E-state index contributed by atoms with van der Waals surface area (Å²) in [7, 11) is 0. The quantitative estimate of drug-likeness (QED) is 0.921. The molecule has 0 aliphatic carbocycles. The summed E-state index contributed by atoms with van der Waals surface area (Å²) < 4.78 is 0. The van der Waals surface area contributed by atoms with Gasteiger partial charge in [0.05, 0.1) is 6.54 Å². The molecule has 2 rings (SSSR count). The molecule has 1 aromatic rings. The lowest BCUT2D eigenvalue weighted by atomic mass is 9.83. The minimum absolute atomic E-state index is 0. The molecule has 0 aromatic heterocycles. The molecule has 1 fully saturated rings. The number of nitrogens with zero attached hydrogens (tertiary/aromatic N) is 1. The van der Waals surface area contributed by atoms with E-state index in [4.69, 9.17) is 5.73 Å². The Kier molecular flexibility index (Phi) is 5.83. The highest BCUT2D eigenvalue weighted by atomic mass is 35.5. The lowest BCUT2D eigenvalue weighted by Gasteiger charge is -2.24. The Hall–Kier alpha value is -1.06. The fraction of sp³-hybridized carbons (Fsp3) is 0.533. The zero-order chi connectivity index (χ0) is 13.0. The van der Waals surface area contributed by atoms with Crippen LogP contribution in [0, 0.1) is 5.41 Å². The van der Waals surface area contributed by atoms with Crippen LogP contribution in [-0.4, -0.2) is 30.4 Å². The van der Waals surface area contributed by atoms with Gasteiger partial charge in [-0.1, -0.05) is 37.3 Å². The van der Waals surface area contributed by atoms with Crippen molar-refractivity contribution in [3.05, 3.63) is 35.9 Å². The van der Waals surface area contributed by atoms with E-state index in [1.165, 1.54) is 5.56 Å². The molecule has 0 radical (unpaired) electrons. The van der Waals surface area contributed by atoms with Crippen LogP contribution in [0.3, 0.4) is 0 Å². The molecule has 3 nitrogen and oxygen atoms in total. The summed E-state index contributed by atoms with van der Waals surface area (Å²) in [6.45, 7) is 4.13. The van der Waals surface area contributed by atoms with Crippen LogP contribution >= 0.6 is 12.4 Å². The maximum absolute atomic E-state index is 11.6. The second kappa shape index (κ2) is 6.92. The molecular weight excluding hydrogens is 260 g/mol. The van der Waals surface area contributed by atoms with Crippen molar-refractivity contribution in [2.75, 3.05) is 19.6 Å². The number of carbonyl (C=O) groups excluding carboxylic acids is 1. The third kappa shape index (κ3) is 4.22. The summed E-state index contributed by atoms with van der Waals surface area (Å²) in [5, 5.41) is 0. The highest BCUT2D eigenvalue weighted by Gasteiger charge is 2.34. The maximum atomic E-state index is 11.6. The molecule has 1 aliphatic heterocycles. The molecule has 106 valence electrons. The number of halogens is 1. The SMILES string of the molecule is CC1(CCc2ccccc2)CCN(C(=O)CN)C1.Cl. The van der Waals surface area contributed by atoms with Crippen LogP contribution in [0.5, 0.6) is 0 Å². The van der Waals surface area contributed by atoms with Crippen LogP contribution in [0.1, 0.15) is 25.3 Å². The summed E-state index contributed by atoms with van der Waals surface area (Å²) in [6.07, 6.45) is 3.30. The summed E-state index contributed by atoms with van der Waals surface area (Å²) >= 11 is 0. The third-order valence-electron chi connectivity index (χ3n) is 3.95. The van der Waals surface area contributed by atoms with Gasteiger partial charge in [0.25, 0.3) is 0 Å². The van der Waals surface area contributed by atoms with Gasteiger partial charge in [0, 0.05) is 13.1 Å². The molecule has 2 N–H and O–H groups in total. The van der Waals surface area contributed by atoms with Crippen molar-refractivity contribution in [1.29, 1.82) is 0 Å². The van der Waals surface area contributed by atoms with E-state index in [-0.39, 0.29) is 30.3 Å². The molecule has 1 aromatic carbocycles. The van der Waals surface area contributed by atoms with Crippen molar-refractivity contribution < 1.29 is 4.79 Å². The predicted molar refractivity (Wildman–Crippen MR) is 80.4 cm³/mol. The van der Waals surface area contributed by atoms with Gasteiger partial charge in [-0.05, 0) is 30.2 Å². The Morgan fingerprint density at radius 3 is 2.68 bits per heavy atom. The van der Waals surface area contributed by atoms with Crippen LogP contribution in [0.25, 0.3) is 0 Å². The molecule has 19 heavy (non-hydrogen) atoms. The maximum Gasteiger partial charge on any atom is 0.236 e. The lowest BCUT2D eigenvalue weighted by Crippen LogP contribution is -2.35. The Balaban J connectivity index is 0.00000180. The average Bonchev–Trinajstić information content (AvgIpc) is 2.80. The molecule has 1 unspecified atom stereocenters. The van der Waals surface area contributed by atoms with Gasteiger partial charge in [-0.25, -0.2) is 0 Å². The molecule has 4 heteroatoms. The highest BCUT2D eigenvalue weighted by Crippen LogP contribution is 2.34. The summed E-state index contributed by atoms with van der Waals surface area (Å²) in [4.78, 5) is 13.5. The van der Waals surface area contributed by atoms with E-state index < -0.39 is 0 Å². The van der Waals surface area contributed by atoms with E-state index in [1.54, 1.807) is 0 Å². The summed E-state index contributed by atoms with van der Waals surface area (Å²) in [5.41, 5.74) is 7.04. The molecule has 1 amide bonds. The van der Waals surface area contributed by atoms with Gasteiger partial charge in [0.2, 0.25) is 5.91 Å². The van der Waals surface area contributed by atoms with Gasteiger partial charge < -0.3 is 10.6 Å². The summed E-state index contributed by atoms with van der Waals surface area (Å²) in [5.74, 6) is 0.0819. The monoisotopic (exact) mass is 282 g/mol. The van der Waals surface area contributed by atoms with Crippen LogP contribution in [0.15, 0.2) is 30.3 Å².